The van der Waals surface area contributed by atoms with Crippen LogP contribution in [0.2, 0.25) is 0 Å². The number of benzene rings is 2. The van der Waals surface area contributed by atoms with E-state index in [-0.39, 0.29) is 5.56 Å². The van der Waals surface area contributed by atoms with Crippen LogP contribution < -0.4 is 5.32 Å². The summed E-state index contributed by atoms with van der Waals surface area (Å²) in [6.45, 7) is 0.505. The monoisotopic (exact) mass is 277 g/mol. The number of fused-ring (bicyclic) bond motifs is 1. The largest absolute Gasteiger partial charge is 0.379 e. The molecule has 2 aromatic carbocycles. The van der Waals surface area contributed by atoms with Gasteiger partial charge >= 0.3 is 0 Å². The molecule has 1 heterocycles. The molecule has 0 amide bonds. The molecule has 3 nitrogen and oxygen atoms in total. The molecule has 3 aromatic rings. The Labute approximate surface area is 121 Å². The SMILES string of the molecule is N#Cc1cc(CNc2cccc3cccnc23)ccc1F. The van der Waals surface area contributed by atoms with Crippen LogP contribution in [0.4, 0.5) is 10.1 Å². The summed E-state index contributed by atoms with van der Waals surface area (Å²) in [6.07, 6.45) is 1.75. The van der Waals surface area contributed by atoms with Gasteiger partial charge in [0, 0.05) is 18.1 Å². The van der Waals surface area contributed by atoms with Gasteiger partial charge in [0.25, 0.3) is 0 Å². The van der Waals surface area contributed by atoms with Gasteiger partial charge in [-0.3, -0.25) is 4.98 Å². The topological polar surface area (TPSA) is 48.7 Å². The first-order valence-electron chi connectivity index (χ1n) is 6.54. The second-order valence-corrected chi connectivity index (χ2v) is 4.66. The van der Waals surface area contributed by atoms with Crippen LogP contribution in [0.15, 0.2) is 54.7 Å². The van der Waals surface area contributed by atoms with Crippen LogP contribution in [-0.2, 0) is 6.54 Å². The molecule has 0 unspecified atom stereocenters. The molecule has 0 aliphatic carbocycles. The lowest BCUT2D eigenvalue weighted by Crippen LogP contribution is -2.01. The van der Waals surface area contributed by atoms with Gasteiger partial charge in [-0.2, -0.15) is 5.26 Å². The minimum Gasteiger partial charge on any atom is -0.379 e. The van der Waals surface area contributed by atoms with Crippen LogP contribution in [0.25, 0.3) is 10.9 Å². The molecular weight excluding hydrogens is 265 g/mol. The van der Waals surface area contributed by atoms with Gasteiger partial charge in [0.05, 0.1) is 16.8 Å². The van der Waals surface area contributed by atoms with Gasteiger partial charge in [-0.05, 0) is 29.8 Å². The Balaban J connectivity index is 1.86. The van der Waals surface area contributed by atoms with Crippen molar-refractivity contribution in [2.24, 2.45) is 0 Å². The van der Waals surface area contributed by atoms with Crippen molar-refractivity contribution >= 4 is 16.6 Å². The van der Waals surface area contributed by atoms with E-state index in [4.69, 9.17) is 5.26 Å². The zero-order valence-electron chi connectivity index (χ0n) is 11.2. The maximum absolute atomic E-state index is 13.3. The van der Waals surface area contributed by atoms with Crippen molar-refractivity contribution in [3.05, 3.63) is 71.7 Å². The number of aromatic nitrogens is 1. The fourth-order valence-corrected chi connectivity index (χ4v) is 2.21. The van der Waals surface area contributed by atoms with E-state index in [9.17, 15) is 4.39 Å². The molecule has 0 bridgehead atoms. The number of rotatable bonds is 3. The highest BCUT2D eigenvalue weighted by atomic mass is 19.1. The number of pyridine rings is 1. The summed E-state index contributed by atoms with van der Waals surface area (Å²) in [6, 6.07) is 16.2. The number of hydrogen-bond donors (Lipinski definition) is 1. The molecule has 21 heavy (non-hydrogen) atoms. The van der Waals surface area contributed by atoms with Crippen LogP contribution in [0.5, 0.6) is 0 Å². The summed E-state index contributed by atoms with van der Waals surface area (Å²) in [5.74, 6) is -0.493. The molecule has 3 rings (SSSR count). The molecule has 0 spiro atoms. The maximum atomic E-state index is 13.3. The molecule has 0 saturated carbocycles. The lowest BCUT2D eigenvalue weighted by Gasteiger charge is -2.09. The first-order chi connectivity index (χ1) is 10.3. The summed E-state index contributed by atoms with van der Waals surface area (Å²) in [4.78, 5) is 4.37. The van der Waals surface area contributed by atoms with Crippen molar-refractivity contribution in [2.45, 2.75) is 6.54 Å². The summed E-state index contributed by atoms with van der Waals surface area (Å²) in [7, 11) is 0. The third-order valence-corrected chi connectivity index (χ3v) is 3.27. The molecule has 0 fully saturated rings. The molecule has 0 radical (unpaired) electrons. The maximum Gasteiger partial charge on any atom is 0.140 e. The van der Waals surface area contributed by atoms with Crippen molar-refractivity contribution < 1.29 is 4.39 Å². The predicted octanol–water partition coefficient (Wildman–Crippen LogP) is 3.86. The highest BCUT2D eigenvalue weighted by Gasteiger charge is 2.04. The van der Waals surface area contributed by atoms with E-state index in [1.807, 2.05) is 36.4 Å². The second-order valence-electron chi connectivity index (χ2n) is 4.66. The molecule has 1 aromatic heterocycles. The van der Waals surface area contributed by atoms with Crippen LogP contribution in [0.3, 0.4) is 0 Å². The minimum atomic E-state index is -0.493. The number of para-hydroxylation sites is 1. The summed E-state index contributed by atoms with van der Waals surface area (Å²) < 4.78 is 13.3. The Kier molecular flexibility index (Phi) is 3.48. The van der Waals surface area contributed by atoms with Crippen LogP contribution in [-0.4, -0.2) is 4.98 Å². The smallest absolute Gasteiger partial charge is 0.140 e. The average molecular weight is 277 g/mol. The van der Waals surface area contributed by atoms with E-state index in [1.165, 1.54) is 6.07 Å². The van der Waals surface area contributed by atoms with Crippen molar-refractivity contribution in [2.75, 3.05) is 5.32 Å². The van der Waals surface area contributed by atoms with Gasteiger partial charge in [-0.1, -0.05) is 24.3 Å². The van der Waals surface area contributed by atoms with Crippen LogP contribution >= 0.6 is 0 Å². The number of nitrogens with one attached hydrogen (secondary N) is 1. The number of nitrogens with zero attached hydrogens (tertiary/aromatic N) is 2. The number of nitriles is 1. The normalized spacial score (nSPS) is 10.3. The molecule has 102 valence electrons. The first-order valence-corrected chi connectivity index (χ1v) is 6.54. The van der Waals surface area contributed by atoms with E-state index in [1.54, 1.807) is 18.3 Å². The fraction of sp³-hybridized carbons (Fsp3) is 0.0588. The Hall–Kier alpha value is -2.93. The van der Waals surface area contributed by atoms with Crippen LogP contribution in [0, 0.1) is 17.1 Å². The number of halogens is 1. The quantitative estimate of drug-likeness (QED) is 0.791. The molecule has 4 heteroatoms. The van der Waals surface area contributed by atoms with E-state index in [0.29, 0.717) is 6.54 Å². The average Bonchev–Trinajstić information content (AvgIpc) is 2.54. The second kappa shape index (κ2) is 5.59. The van der Waals surface area contributed by atoms with Crippen molar-refractivity contribution in [1.29, 1.82) is 5.26 Å². The van der Waals surface area contributed by atoms with Crippen molar-refractivity contribution in [3.63, 3.8) is 0 Å². The Bertz CT molecular complexity index is 832. The molecule has 0 aliphatic heterocycles. The summed E-state index contributed by atoms with van der Waals surface area (Å²) in [5, 5.41) is 13.2. The zero-order valence-corrected chi connectivity index (χ0v) is 11.2. The number of hydrogen-bond acceptors (Lipinski definition) is 3. The predicted molar refractivity (Wildman–Crippen MR) is 80.2 cm³/mol. The van der Waals surface area contributed by atoms with E-state index in [2.05, 4.69) is 10.3 Å². The van der Waals surface area contributed by atoms with Gasteiger partial charge in [0.1, 0.15) is 11.9 Å². The van der Waals surface area contributed by atoms with Crippen molar-refractivity contribution in [3.8, 4) is 6.07 Å². The summed E-state index contributed by atoms with van der Waals surface area (Å²) in [5.41, 5.74) is 2.71. The Morgan fingerprint density at radius 1 is 1.14 bits per heavy atom. The lowest BCUT2D eigenvalue weighted by molar-refractivity contribution is 0.623. The molecule has 0 aliphatic rings. The standard InChI is InChI=1S/C17H12FN3/c18-15-7-6-12(9-14(15)10-19)11-21-16-5-1-3-13-4-2-8-20-17(13)16/h1-9,21H,11H2. The van der Waals surface area contributed by atoms with Gasteiger partial charge in [-0.15, -0.1) is 0 Å². The first kappa shape index (κ1) is 13.1. The van der Waals surface area contributed by atoms with Gasteiger partial charge in [0.15, 0.2) is 0 Å². The van der Waals surface area contributed by atoms with Crippen molar-refractivity contribution in [1.82, 2.24) is 4.98 Å². The van der Waals surface area contributed by atoms with E-state index in [0.717, 1.165) is 22.2 Å². The van der Waals surface area contributed by atoms with E-state index >= 15 is 0 Å². The minimum absolute atomic E-state index is 0.0605. The zero-order chi connectivity index (χ0) is 14.7. The highest BCUT2D eigenvalue weighted by molar-refractivity contribution is 5.90. The molecule has 0 saturated heterocycles. The highest BCUT2D eigenvalue weighted by Crippen LogP contribution is 2.21. The van der Waals surface area contributed by atoms with Gasteiger partial charge in [-0.25, -0.2) is 4.39 Å². The Morgan fingerprint density at radius 3 is 2.86 bits per heavy atom. The van der Waals surface area contributed by atoms with Crippen LogP contribution in [0.1, 0.15) is 11.1 Å². The lowest BCUT2D eigenvalue weighted by atomic mass is 10.1. The van der Waals surface area contributed by atoms with Gasteiger partial charge < -0.3 is 5.32 Å². The number of anilines is 1. The molecule has 1 N–H and O–H groups in total. The molecule has 0 atom stereocenters. The van der Waals surface area contributed by atoms with E-state index < -0.39 is 5.82 Å². The summed E-state index contributed by atoms with van der Waals surface area (Å²) >= 11 is 0. The van der Waals surface area contributed by atoms with Gasteiger partial charge in [0.2, 0.25) is 0 Å². The Morgan fingerprint density at radius 2 is 2.00 bits per heavy atom. The fourth-order valence-electron chi connectivity index (χ4n) is 2.21. The molecular formula is C17H12FN3. The third-order valence-electron chi connectivity index (χ3n) is 3.27. The third kappa shape index (κ3) is 2.67.